The average Bonchev–Trinajstić information content (AvgIpc) is 3.42. The lowest BCUT2D eigenvalue weighted by molar-refractivity contribution is -0.142. The molecule has 0 radical (unpaired) electrons. The van der Waals surface area contributed by atoms with E-state index in [2.05, 4.69) is 10.6 Å². The largest absolute Gasteiger partial charge is 0.493 e. The zero-order chi connectivity index (χ0) is 24.2. The molecule has 2 fully saturated rings. The predicted octanol–water partition coefficient (Wildman–Crippen LogP) is 2.32. The number of anilines is 1. The number of ether oxygens (including phenoxy) is 2. The SMILES string of the molecule is COc1ccc(CCN2C(=O)[C@H]3C(C(C)C)NC4(C(=O)Nc5ccccc54)[C@H]3C2=O)cc1OC. The second kappa shape index (κ2) is 8.13. The van der Waals surface area contributed by atoms with E-state index in [0.29, 0.717) is 23.6 Å². The number of nitrogens with one attached hydrogen (secondary N) is 2. The van der Waals surface area contributed by atoms with Crippen molar-refractivity contribution < 1.29 is 23.9 Å². The number of rotatable bonds is 6. The third kappa shape index (κ3) is 3.05. The molecule has 3 aliphatic rings. The first kappa shape index (κ1) is 22.4. The number of nitrogens with zero attached hydrogens (tertiary/aromatic N) is 1. The number of carbonyl (C=O) groups is 3. The molecule has 3 heterocycles. The molecule has 2 aromatic rings. The Morgan fingerprint density at radius 1 is 1.00 bits per heavy atom. The molecule has 34 heavy (non-hydrogen) atoms. The van der Waals surface area contributed by atoms with E-state index in [1.54, 1.807) is 14.2 Å². The van der Waals surface area contributed by atoms with Crippen molar-refractivity contribution in [3.05, 3.63) is 53.6 Å². The maximum absolute atomic E-state index is 13.8. The van der Waals surface area contributed by atoms with Crippen LogP contribution in [0.25, 0.3) is 0 Å². The molecule has 2 unspecified atom stereocenters. The summed E-state index contributed by atoms with van der Waals surface area (Å²) in [4.78, 5) is 42.1. The normalized spacial score (nSPS) is 27.4. The summed E-state index contributed by atoms with van der Waals surface area (Å²) in [5.41, 5.74) is 1.11. The van der Waals surface area contributed by atoms with E-state index in [4.69, 9.17) is 9.47 Å². The average molecular weight is 464 g/mol. The van der Waals surface area contributed by atoms with Crippen LogP contribution in [-0.4, -0.2) is 49.4 Å². The second-order valence-corrected chi connectivity index (χ2v) is 9.49. The number of benzene rings is 2. The summed E-state index contributed by atoms with van der Waals surface area (Å²) in [5.74, 6) is -0.860. The van der Waals surface area contributed by atoms with Gasteiger partial charge in [0, 0.05) is 23.8 Å². The summed E-state index contributed by atoms with van der Waals surface area (Å²) in [7, 11) is 3.14. The molecule has 3 amide bonds. The number of imide groups is 1. The van der Waals surface area contributed by atoms with Crippen LogP contribution in [0.15, 0.2) is 42.5 Å². The van der Waals surface area contributed by atoms with E-state index in [-0.39, 0.29) is 36.2 Å². The molecule has 2 aromatic carbocycles. The van der Waals surface area contributed by atoms with Gasteiger partial charge >= 0.3 is 0 Å². The maximum atomic E-state index is 13.8. The summed E-state index contributed by atoms with van der Waals surface area (Å²) in [6, 6.07) is 12.7. The van der Waals surface area contributed by atoms with Gasteiger partial charge in [-0.15, -0.1) is 0 Å². The monoisotopic (exact) mass is 463 g/mol. The van der Waals surface area contributed by atoms with Crippen molar-refractivity contribution >= 4 is 23.4 Å². The standard InChI is InChI=1S/C26H29N3O5/c1-14(2)22-20-21(26(28-22)16-7-5-6-8-17(16)27-25(26)32)24(31)29(23(20)30)12-11-15-9-10-18(33-3)19(13-15)34-4/h5-10,13-14,20-22,28H,11-12H2,1-4H3,(H,27,32)/t20-,21-,22?,26?/m1/s1. The van der Waals surface area contributed by atoms with Crippen LogP contribution in [-0.2, 0) is 26.3 Å². The highest BCUT2D eigenvalue weighted by molar-refractivity contribution is 6.15. The summed E-state index contributed by atoms with van der Waals surface area (Å²) in [6.07, 6.45) is 0.479. The Morgan fingerprint density at radius 2 is 1.74 bits per heavy atom. The predicted molar refractivity (Wildman–Crippen MR) is 125 cm³/mol. The fraction of sp³-hybridized carbons (Fsp3) is 0.423. The summed E-state index contributed by atoms with van der Waals surface area (Å²) in [5, 5.41) is 6.37. The summed E-state index contributed by atoms with van der Waals surface area (Å²) >= 11 is 0. The van der Waals surface area contributed by atoms with Gasteiger partial charge in [0.05, 0.1) is 26.1 Å². The Morgan fingerprint density at radius 3 is 2.44 bits per heavy atom. The van der Waals surface area contributed by atoms with Gasteiger partial charge in [-0.25, -0.2) is 0 Å². The minimum absolute atomic E-state index is 0.0648. The zero-order valence-corrected chi connectivity index (χ0v) is 19.8. The van der Waals surface area contributed by atoms with Crippen LogP contribution in [0.3, 0.4) is 0 Å². The van der Waals surface area contributed by atoms with Gasteiger partial charge in [0.2, 0.25) is 17.7 Å². The van der Waals surface area contributed by atoms with E-state index >= 15 is 0 Å². The quantitative estimate of drug-likeness (QED) is 0.639. The van der Waals surface area contributed by atoms with E-state index in [1.165, 1.54) is 4.90 Å². The first-order chi connectivity index (χ1) is 16.3. The molecule has 3 aliphatic heterocycles. The van der Waals surface area contributed by atoms with E-state index in [0.717, 1.165) is 11.1 Å². The molecule has 0 bridgehead atoms. The van der Waals surface area contributed by atoms with Gasteiger partial charge in [-0.1, -0.05) is 38.1 Å². The third-order valence-corrected chi connectivity index (χ3v) is 7.44. The molecule has 0 aromatic heterocycles. The van der Waals surface area contributed by atoms with Crippen LogP contribution < -0.4 is 20.1 Å². The Labute approximate surface area is 198 Å². The second-order valence-electron chi connectivity index (χ2n) is 9.49. The minimum Gasteiger partial charge on any atom is -0.493 e. The van der Waals surface area contributed by atoms with Gasteiger partial charge in [-0.3, -0.25) is 24.6 Å². The van der Waals surface area contributed by atoms with Crippen molar-refractivity contribution in [2.24, 2.45) is 17.8 Å². The van der Waals surface area contributed by atoms with Crippen molar-refractivity contribution in [2.75, 3.05) is 26.1 Å². The molecule has 0 aliphatic carbocycles. The third-order valence-electron chi connectivity index (χ3n) is 7.44. The Balaban J connectivity index is 1.47. The van der Waals surface area contributed by atoms with Crippen molar-refractivity contribution in [3.8, 4) is 11.5 Å². The van der Waals surface area contributed by atoms with Crippen LogP contribution >= 0.6 is 0 Å². The van der Waals surface area contributed by atoms with E-state index in [9.17, 15) is 14.4 Å². The molecule has 2 N–H and O–H groups in total. The molecule has 2 saturated heterocycles. The van der Waals surface area contributed by atoms with Crippen molar-refractivity contribution in [2.45, 2.75) is 31.8 Å². The highest BCUT2D eigenvalue weighted by atomic mass is 16.5. The number of methoxy groups -OCH3 is 2. The van der Waals surface area contributed by atoms with Gasteiger partial charge < -0.3 is 14.8 Å². The zero-order valence-electron chi connectivity index (χ0n) is 19.8. The lowest BCUT2D eigenvalue weighted by Gasteiger charge is -2.30. The van der Waals surface area contributed by atoms with Gasteiger partial charge in [0.25, 0.3) is 0 Å². The van der Waals surface area contributed by atoms with E-state index in [1.807, 2.05) is 56.3 Å². The number of hydrogen-bond acceptors (Lipinski definition) is 6. The minimum atomic E-state index is -1.24. The Kier molecular flexibility index (Phi) is 5.36. The topological polar surface area (TPSA) is 97.0 Å². The van der Waals surface area contributed by atoms with Gasteiger partial charge in [0.15, 0.2) is 11.5 Å². The number of likely N-dealkylation sites (tertiary alicyclic amines) is 1. The molecular weight excluding hydrogens is 434 g/mol. The van der Waals surface area contributed by atoms with Gasteiger partial charge in [0.1, 0.15) is 5.54 Å². The van der Waals surface area contributed by atoms with E-state index < -0.39 is 17.4 Å². The van der Waals surface area contributed by atoms with Crippen molar-refractivity contribution in [1.82, 2.24) is 10.2 Å². The summed E-state index contributed by atoms with van der Waals surface area (Å²) in [6.45, 7) is 4.26. The first-order valence-electron chi connectivity index (χ1n) is 11.6. The highest BCUT2D eigenvalue weighted by Crippen LogP contribution is 2.53. The van der Waals surface area contributed by atoms with Gasteiger partial charge in [-0.05, 0) is 36.1 Å². The number of fused-ring (bicyclic) bond motifs is 4. The maximum Gasteiger partial charge on any atom is 0.250 e. The smallest absolute Gasteiger partial charge is 0.250 e. The molecule has 178 valence electrons. The first-order valence-corrected chi connectivity index (χ1v) is 11.6. The molecule has 8 heteroatoms. The Hall–Kier alpha value is -3.39. The molecule has 4 atom stereocenters. The van der Waals surface area contributed by atoms with Crippen LogP contribution in [0.4, 0.5) is 5.69 Å². The lowest BCUT2D eigenvalue weighted by Crippen LogP contribution is -2.54. The lowest BCUT2D eigenvalue weighted by atomic mass is 9.76. The van der Waals surface area contributed by atoms with Crippen LogP contribution in [0.2, 0.25) is 0 Å². The van der Waals surface area contributed by atoms with Crippen molar-refractivity contribution in [3.63, 3.8) is 0 Å². The molecule has 5 rings (SSSR count). The number of para-hydroxylation sites is 1. The van der Waals surface area contributed by atoms with Crippen LogP contribution in [0.5, 0.6) is 11.5 Å². The number of hydrogen-bond donors (Lipinski definition) is 2. The fourth-order valence-electron chi connectivity index (χ4n) is 5.82. The number of carbonyl (C=O) groups excluding carboxylic acids is 3. The molecule has 0 saturated carbocycles. The Bertz CT molecular complexity index is 1180. The molecule has 1 spiro atoms. The highest BCUT2D eigenvalue weighted by Gasteiger charge is 2.70. The van der Waals surface area contributed by atoms with Crippen molar-refractivity contribution in [1.29, 1.82) is 0 Å². The fourth-order valence-corrected chi connectivity index (χ4v) is 5.82. The van der Waals surface area contributed by atoms with Crippen LogP contribution in [0.1, 0.15) is 25.0 Å². The summed E-state index contributed by atoms with van der Waals surface area (Å²) < 4.78 is 10.7. The van der Waals surface area contributed by atoms with Gasteiger partial charge in [-0.2, -0.15) is 0 Å². The van der Waals surface area contributed by atoms with Crippen LogP contribution in [0, 0.1) is 17.8 Å². The molecular formula is C26H29N3O5. The number of amides is 3. The molecule has 8 nitrogen and oxygen atoms in total.